The first-order chi connectivity index (χ1) is 13.1. The van der Waals surface area contributed by atoms with E-state index in [-0.39, 0.29) is 16.2 Å². The number of nitrogens with zero attached hydrogens (tertiary/aromatic N) is 4. The maximum absolute atomic E-state index is 12.4. The first-order valence-electron chi connectivity index (χ1n) is 8.60. The standard InChI is InChI=1S/C19H17N5O3/c25-19-14-8-10-23(11-13-5-1-2-7-17(13)24(26)27)12-16(14)21-18(22-19)15-6-3-4-9-20-15/h1-7,9H,8,10-12H2,(H,21,22,25). The second-order valence-electron chi connectivity index (χ2n) is 6.40. The molecule has 8 heteroatoms. The highest BCUT2D eigenvalue weighted by Crippen LogP contribution is 2.23. The number of nitro benzene ring substituents is 1. The second kappa shape index (κ2) is 7.08. The van der Waals surface area contributed by atoms with Crippen molar-refractivity contribution in [3.05, 3.63) is 86.0 Å². The van der Waals surface area contributed by atoms with Crippen LogP contribution in [0.2, 0.25) is 0 Å². The molecule has 3 aromatic rings. The number of hydrogen-bond acceptors (Lipinski definition) is 6. The minimum Gasteiger partial charge on any atom is -0.305 e. The molecule has 1 aliphatic heterocycles. The van der Waals surface area contributed by atoms with Crippen LogP contribution in [0.25, 0.3) is 11.5 Å². The van der Waals surface area contributed by atoms with Gasteiger partial charge in [-0.05, 0) is 18.6 Å². The van der Waals surface area contributed by atoms with Gasteiger partial charge in [-0.3, -0.25) is 24.8 Å². The zero-order valence-electron chi connectivity index (χ0n) is 14.5. The normalized spacial score (nSPS) is 13.9. The minimum atomic E-state index is -0.366. The van der Waals surface area contributed by atoms with Gasteiger partial charge in [-0.1, -0.05) is 24.3 Å². The van der Waals surface area contributed by atoms with Crippen molar-refractivity contribution in [2.45, 2.75) is 19.5 Å². The number of para-hydroxylation sites is 1. The van der Waals surface area contributed by atoms with E-state index in [1.807, 2.05) is 6.07 Å². The first-order valence-corrected chi connectivity index (χ1v) is 8.60. The molecule has 8 nitrogen and oxygen atoms in total. The average Bonchev–Trinajstić information content (AvgIpc) is 2.68. The third-order valence-electron chi connectivity index (χ3n) is 4.64. The number of pyridine rings is 1. The molecule has 0 aliphatic carbocycles. The Morgan fingerprint density at radius 2 is 2.00 bits per heavy atom. The van der Waals surface area contributed by atoms with Crippen LogP contribution in [0.5, 0.6) is 0 Å². The molecular formula is C19H17N5O3. The van der Waals surface area contributed by atoms with E-state index in [4.69, 9.17) is 0 Å². The predicted octanol–water partition coefficient (Wildman–Crippen LogP) is 2.30. The van der Waals surface area contributed by atoms with E-state index in [0.717, 1.165) is 0 Å². The highest BCUT2D eigenvalue weighted by molar-refractivity contribution is 5.49. The van der Waals surface area contributed by atoms with Crippen molar-refractivity contribution < 1.29 is 4.92 Å². The SMILES string of the molecule is O=c1[nH]c(-c2ccccn2)nc2c1CCN(Cc1ccccc1[N+](=O)[O-])C2. The van der Waals surface area contributed by atoms with Crippen LogP contribution in [0.15, 0.2) is 53.5 Å². The Balaban J connectivity index is 1.62. The predicted molar refractivity (Wildman–Crippen MR) is 99.0 cm³/mol. The number of rotatable bonds is 4. The molecule has 0 unspecified atom stereocenters. The van der Waals surface area contributed by atoms with Crippen LogP contribution in [0.4, 0.5) is 5.69 Å². The molecule has 0 atom stereocenters. The molecule has 0 radical (unpaired) electrons. The van der Waals surface area contributed by atoms with E-state index in [2.05, 4.69) is 19.9 Å². The number of fused-ring (bicyclic) bond motifs is 1. The number of nitrogens with one attached hydrogen (secondary N) is 1. The van der Waals surface area contributed by atoms with E-state index >= 15 is 0 Å². The second-order valence-corrected chi connectivity index (χ2v) is 6.40. The Morgan fingerprint density at radius 3 is 2.78 bits per heavy atom. The quantitative estimate of drug-likeness (QED) is 0.563. The summed E-state index contributed by atoms with van der Waals surface area (Å²) in [6.07, 6.45) is 2.20. The van der Waals surface area contributed by atoms with Gasteiger partial charge in [0.15, 0.2) is 5.82 Å². The van der Waals surface area contributed by atoms with Gasteiger partial charge in [-0.2, -0.15) is 0 Å². The summed E-state index contributed by atoms with van der Waals surface area (Å²) in [5.41, 5.74) is 2.59. The first kappa shape index (κ1) is 17.0. The summed E-state index contributed by atoms with van der Waals surface area (Å²) in [6, 6.07) is 12.2. The summed E-state index contributed by atoms with van der Waals surface area (Å²) >= 11 is 0. The molecule has 0 saturated heterocycles. The topological polar surface area (TPSA) is 105 Å². The Bertz CT molecular complexity index is 1050. The van der Waals surface area contributed by atoms with E-state index < -0.39 is 0 Å². The highest BCUT2D eigenvalue weighted by atomic mass is 16.6. The summed E-state index contributed by atoms with van der Waals surface area (Å²) in [4.78, 5) is 37.0. The zero-order valence-corrected chi connectivity index (χ0v) is 14.5. The van der Waals surface area contributed by atoms with Crippen LogP contribution >= 0.6 is 0 Å². The summed E-state index contributed by atoms with van der Waals surface area (Å²) in [6.45, 7) is 1.54. The van der Waals surface area contributed by atoms with E-state index in [0.29, 0.717) is 54.4 Å². The van der Waals surface area contributed by atoms with Gasteiger partial charge >= 0.3 is 0 Å². The third kappa shape index (κ3) is 3.47. The fourth-order valence-corrected chi connectivity index (χ4v) is 3.32. The Morgan fingerprint density at radius 1 is 1.19 bits per heavy atom. The number of aromatic amines is 1. The summed E-state index contributed by atoms with van der Waals surface area (Å²) in [5, 5.41) is 11.2. The smallest absolute Gasteiger partial charge is 0.273 e. The lowest BCUT2D eigenvalue weighted by molar-refractivity contribution is -0.385. The van der Waals surface area contributed by atoms with Gasteiger partial charge in [0, 0.05) is 43.0 Å². The van der Waals surface area contributed by atoms with Gasteiger partial charge in [0.2, 0.25) is 0 Å². The average molecular weight is 363 g/mol. The molecular weight excluding hydrogens is 346 g/mol. The zero-order chi connectivity index (χ0) is 18.8. The molecule has 1 aliphatic rings. The number of nitro groups is 1. The van der Waals surface area contributed by atoms with Crippen molar-refractivity contribution in [3.63, 3.8) is 0 Å². The molecule has 1 aromatic carbocycles. The molecule has 0 fully saturated rings. The molecule has 0 amide bonds. The van der Waals surface area contributed by atoms with E-state index in [1.54, 1.807) is 36.5 Å². The Hall–Kier alpha value is -3.39. The van der Waals surface area contributed by atoms with Crippen molar-refractivity contribution in [1.82, 2.24) is 19.9 Å². The van der Waals surface area contributed by atoms with Crippen molar-refractivity contribution in [3.8, 4) is 11.5 Å². The number of aromatic nitrogens is 3. The molecule has 3 heterocycles. The van der Waals surface area contributed by atoms with Crippen LogP contribution in [-0.4, -0.2) is 31.3 Å². The van der Waals surface area contributed by atoms with Crippen LogP contribution in [0.3, 0.4) is 0 Å². The highest BCUT2D eigenvalue weighted by Gasteiger charge is 2.23. The molecule has 0 spiro atoms. The molecule has 27 heavy (non-hydrogen) atoms. The van der Waals surface area contributed by atoms with Gasteiger partial charge in [-0.15, -0.1) is 0 Å². The lowest BCUT2D eigenvalue weighted by atomic mass is 10.0. The van der Waals surface area contributed by atoms with Crippen LogP contribution in [0, 0.1) is 10.1 Å². The van der Waals surface area contributed by atoms with Crippen LogP contribution in [-0.2, 0) is 19.5 Å². The van der Waals surface area contributed by atoms with Gasteiger partial charge in [0.1, 0.15) is 5.69 Å². The van der Waals surface area contributed by atoms with Gasteiger partial charge in [-0.25, -0.2) is 4.98 Å². The maximum Gasteiger partial charge on any atom is 0.273 e. The lowest BCUT2D eigenvalue weighted by Crippen LogP contribution is -2.35. The van der Waals surface area contributed by atoms with E-state index in [1.165, 1.54) is 6.07 Å². The van der Waals surface area contributed by atoms with Crippen molar-refractivity contribution >= 4 is 5.69 Å². The van der Waals surface area contributed by atoms with Gasteiger partial charge in [0.25, 0.3) is 11.2 Å². The summed E-state index contributed by atoms with van der Waals surface area (Å²) in [5.74, 6) is 0.437. The fraction of sp³-hybridized carbons (Fsp3) is 0.211. The number of benzene rings is 1. The lowest BCUT2D eigenvalue weighted by Gasteiger charge is -2.27. The number of H-pyrrole nitrogens is 1. The molecule has 1 N–H and O–H groups in total. The minimum absolute atomic E-state index is 0.108. The van der Waals surface area contributed by atoms with Gasteiger partial charge < -0.3 is 4.98 Å². The van der Waals surface area contributed by atoms with Gasteiger partial charge in [0.05, 0.1) is 10.6 Å². The Labute approximate surface area is 154 Å². The van der Waals surface area contributed by atoms with Crippen molar-refractivity contribution in [2.75, 3.05) is 6.54 Å². The van der Waals surface area contributed by atoms with E-state index in [9.17, 15) is 14.9 Å². The molecule has 4 rings (SSSR count). The Kier molecular flexibility index (Phi) is 4.47. The largest absolute Gasteiger partial charge is 0.305 e. The molecule has 0 saturated carbocycles. The fourth-order valence-electron chi connectivity index (χ4n) is 3.32. The summed E-state index contributed by atoms with van der Waals surface area (Å²) in [7, 11) is 0. The molecule has 136 valence electrons. The van der Waals surface area contributed by atoms with Crippen molar-refractivity contribution in [2.24, 2.45) is 0 Å². The molecule has 2 aromatic heterocycles. The van der Waals surface area contributed by atoms with Crippen LogP contribution < -0.4 is 5.56 Å². The van der Waals surface area contributed by atoms with Crippen LogP contribution in [0.1, 0.15) is 16.8 Å². The third-order valence-corrected chi connectivity index (χ3v) is 4.64. The monoisotopic (exact) mass is 363 g/mol. The summed E-state index contributed by atoms with van der Waals surface area (Å²) < 4.78 is 0. The molecule has 0 bridgehead atoms. The number of hydrogen-bond donors (Lipinski definition) is 1. The van der Waals surface area contributed by atoms with Crippen molar-refractivity contribution in [1.29, 1.82) is 0 Å². The maximum atomic E-state index is 12.4.